The van der Waals surface area contributed by atoms with Crippen molar-refractivity contribution in [1.82, 2.24) is 4.90 Å². The third-order valence-corrected chi connectivity index (χ3v) is 8.79. The molecular weight excluding hydrogens is 366 g/mol. The summed E-state index contributed by atoms with van der Waals surface area (Å²) < 4.78 is 0. The van der Waals surface area contributed by atoms with E-state index in [2.05, 4.69) is 65.6 Å². The molecule has 0 bridgehead atoms. The molecule has 2 heteroatoms. The number of rotatable bonds is 5. The van der Waals surface area contributed by atoms with E-state index < -0.39 is 0 Å². The molecule has 2 saturated carbocycles. The quantitative estimate of drug-likeness (QED) is 0.458. The van der Waals surface area contributed by atoms with E-state index >= 15 is 0 Å². The van der Waals surface area contributed by atoms with E-state index in [0.717, 1.165) is 40.5 Å². The number of nitrogens with zero attached hydrogens (tertiary/aromatic N) is 1. The maximum absolute atomic E-state index is 2.80. The summed E-state index contributed by atoms with van der Waals surface area (Å²) in [5.41, 5.74) is 4.92. The standard InChI is InChI=1S/C27H33NSi/c1-3-9-21(10-4-1)17-22-15-16-27(26(22)20-29-25-13-5-2-6-14-25)28-18-23-11-7-8-12-24(23)19-28/h2,5-8,11-14,17,21,26-27H,1,3-4,9-10,15-16,18-20H2/b22-17+/t26-,27-/m0/s1. The Bertz CT molecular complexity index is 812. The molecule has 2 fully saturated rings. The zero-order valence-electron chi connectivity index (χ0n) is 17.5. The van der Waals surface area contributed by atoms with Gasteiger partial charge in [-0.15, -0.1) is 0 Å². The molecule has 2 aliphatic carbocycles. The van der Waals surface area contributed by atoms with E-state index in [1.165, 1.54) is 56.2 Å². The van der Waals surface area contributed by atoms with Gasteiger partial charge in [-0.2, -0.15) is 0 Å². The summed E-state index contributed by atoms with van der Waals surface area (Å²) in [6.07, 6.45) is 12.6. The van der Waals surface area contributed by atoms with E-state index in [4.69, 9.17) is 0 Å². The molecule has 2 aromatic carbocycles. The molecule has 2 atom stereocenters. The molecule has 1 nitrogen and oxygen atoms in total. The Morgan fingerprint density at radius 3 is 2.24 bits per heavy atom. The van der Waals surface area contributed by atoms with Crippen molar-refractivity contribution in [2.24, 2.45) is 11.8 Å². The Balaban J connectivity index is 1.34. The Morgan fingerprint density at radius 2 is 1.52 bits per heavy atom. The fourth-order valence-electron chi connectivity index (χ4n) is 5.84. The van der Waals surface area contributed by atoms with Crippen LogP contribution in [0.4, 0.5) is 0 Å². The summed E-state index contributed by atoms with van der Waals surface area (Å²) in [6, 6.07) is 22.3. The maximum Gasteiger partial charge on any atom is 0.0814 e. The number of fused-ring (bicyclic) bond motifs is 1. The highest BCUT2D eigenvalue weighted by atomic mass is 28.2. The fourth-order valence-corrected chi connectivity index (χ4v) is 7.26. The summed E-state index contributed by atoms with van der Waals surface area (Å²) in [6.45, 7) is 2.31. The first-order chi connectivity index (χ1) is 14.4. The van der Waals surface area contributed by atoms with Crippen molar-refractivity contribution in [1.29, 1.82) is 0 Å². The van der Waals surface area contributed by atoms with Gasteiger partial charge in [0.2, 0.25) is 0 Å². The molecule has 2 radical (unpaired) electrons. The second-order valence-electron chi connectivity index (χ2n) is 9.27. The topological polar surface area (TPSA) is 3.24 Å². The third kappa shape index (κ3) is 4.44. The zero-order valence-corrected chi connectivity index (χ0v) is 18.5. The average molecular weight is 400 g/mol. The molecule has 0 spiro atoms. The highest BCUT2D eigenvalue weighted by Crippen LogP contribution is 2.42. The first-order valence-corrected chi connectivity index (χ1v) is 12.9. The van der Waals surface area contributed by atoms with Crippen LogP contribution in [0.2, 0.25) is 6.04 Å². The molecule has 0 amide bonds. The molecular formula is C27H33NSi. The van der Waals surface area contributed by atoms with Gasteiger partial charge in [0.05, 0.1) is 9.52 Å². The minimum atomic E-state index is 0.730. The van der Waals surface area contributed by atoms with Crippen molar-refractivity contribution in [2.45, 2.75) is 70.1 Å². The van der Waals surface area contributed by atoms with Gasteiger partial charge in [0.1, 0.15) is 0 Å². The molecule has 0 N–H and O–H groups in total. The summed E-state index contributed by atoms with van der Waals surface area (Å²) in [5, 5.41) is 1.53. The van der Waals surface area contributed by atoms with Gasteiger partial charge in [0.15, 0.2) is 0 Å². The van der Waals surface area contributed by atoms with Crippen molar-refractivity contribution < 1.29 is 0 Å². The Hall–Kier alpha value is -1.64. The smallest absolute Gasteiger partial charge is 0.0814 e. The number of hydrogen-bond acceptors (Lipinski definition) is 1. The largest absolute Gasteiger partial charge is 0.291 e. The fraction of sp³-hybridized carbons (Fsp3) is 0.481. The van der Waals surface area contributed by atoms with Crippen LogP contribution in [0.15, 0.2) is 66.2 Å². The van der Waals surface area contributed by atoms with Gasteiger partial charge < -0.3 is 0 Å². The van der Waals surface area contributed by atoms with Crippen LogP contribution in [0.5, 0.6) is 0 Å². The van der Waals surface area contributed by atoms with Crippen LogP contribution < -0.4 is 5.19 Å². The number of benzene rings is 2. The van der Waals surface area contributed by atoms with Crippen LogP contribution in [-0.2, 0) is 13.1 Å². The van der Waals surface area contributed by atoms with Crippen molar-refractivity contribution in [3.8, 4) is 0 Å². The van der Waals surface area contributed by atoms with Gasteiger partial charge in [0, 0.05) is 19.1 Å². The summed E-state index contributed by atoms with van der Waals surface area (Å²) >= 11 is 0. The van der Waals surface area contributed by atoms with E-state index in [1.54, 1.807) is 16.7 Å². The van der Waals surface area contributed by atoms with Crippen molar-refractivity contribution >= 4 is 14.7 Å². The first kappa shape index (κ1) is 19.3. The molecule has 0 saturated heterocycles. The lowest BCUT2D eigenvalue weighted by atomic mass is 9.86. The summed E-state index contributed by atoms with van der Waals surface area (Å²) in [7, 11) is 0.930. The average Bonchev–Trinajstić information content (AvgIpc) is 3.37. The predicted molar refractivity (Wildman–Crippen MR) is 123 cm³/mol. The van der Waals surface area contributed by atoms with Gasteiger partial charge in [-0.25, -0.2) is 0 Å². The molecule has 0 aromatic heterocycles. The molecule has 29 heavy (non-hydrogen) atoms. The Morgan fingerprint density at radius 1 is 0.828 bits per heavy atom. The highest BCUT2D eigenvalue weighted by Gasteiger charge is 2.37. The molecule has 0 unspecified atom stereocenters. The van der Waals surface area contributed by atoms with Crippen molar-refractivity contribution in [3.05, 3.63) is 77.4 Å². The van der Waals surface area contributed by atoms with Gasteiger partial charge in [-0.1, -0.05) is 90.7 Å². The van der Waals surface area contributed by atoms with Gasteiger partial charge >= 0.3 is 0 Å². The maximum atomic E-state index is 2.80. The molecule has 1 heterocycles. The molecule has 1 aliphatic heterocycles. The van der Waals surface area contributed by atoms with E-state index in [-0.39, 0.29) is 0 Å². The molecule has 5 rings (SSSR count). The molecule has 150 valence electrons. The normalized spacial score (nSPS) is 26.8. The molecule has 2 aromatic rings. The minimum absolute atomic E-state index is 0.730. The zero-order chi connectivity index (χ0) is 19.5. The van der Waals surface area contributed by atoms with Crippen molar-refractivity contribution in [3.63, 3.8) is 0 Å². The van der Waals surface area contributed by atoms with Crippen LogP contribution in [0.25, 0.3) is 0 Å². The van der Waals surface area contributed by atoms with Gasteiger partial charge in [0.25, 0.3) is 0 Å². The first-order valence-electron chi connectivity index (χ1n) is 11.7. The van der Waals surface area contributed by atoms with Crippen molar-refractivity contribution in [2.75, 3.05) is 0 Å². The lowest BCUT2D eigenvalue weighted by Crippen LogP contribution is -2.35. The Labute approximate surface area is 179 Å². The number of hydrogen-bond donors (Lipinski definition) is 0. The van der Waals surface area contributed by atoms with Gasteiger partial charge in [-0.05, 0) is 54.7 Å². The minimum Gasteiger partial charge on any atom is -0.291 e. The summed E-state index contributed by atoms with van der Waals surface area (Å²) in [4.78, 5) is 2.80. The highest BCUT2D eigenvalue weighted by molar-refractivity contribution is 6.53. The second kappa shape index (κ2) is 9.02. The second-order valence-corrected chi connectivity index (χ2v) is 10.6. The van der Waals surface area contributed by atoms with E-state index in [0.29, 0.717) is 0 Å². The van der Waals surface area contributed by atoms with Crippen LogP contribution in [0.3, 0.4) is 0 Å². The summed E-state index contributed by atoms with van der Waals surface area (Å²) in [5.74, 6) is 1.61. The van der Waals surface area contributed by atoms with E-state index in [1.807, 2.05) is 0 Å². The predicted octanol–water partition coefficient (Wildman–Crippen LogP) is 5.74. The lowest BCUT2D eigenvalue weighted by molar-refractivity contribution is 0.174. The van der Waals surface area contributed by atoms with Crippen LogP contribution in [0, 0.1) is 11.8 Å². The van der Waals surface area contributed by atoms with Gasteiger partial charge in [-0.3, -0.25) is 4.90 Å². The van der Waals surface area contributed by atoms with Crippen LogP contribution in [0.1, 0.15) is 56.1 Å². The molecule has 3 aliphatic rings. The number of allylic oxidation sites excluding steroid dienone is 1. The van der Waals surface area contributed by atoms with Crippen LogP contribution >= 0.6 is 0 Å². The lowest BCUT2D eigenvalue weighted by Gasteiger charge is -2.30. The monoisotopic (exact) mass is 399 g/mol. The SMILES string of the molecule is C(=C1/CC[C@H](N2Cc3ccccc3C2)[C@H]1C[Si]c1ccccc1)/C1CCCCC1. The Kier molecular flexibility index (Phi) is 6.01. The van der Waals surface area contributed by atoms with E-state index in [9.17, 15) is 0 Å². The van der Waals surface area contributed by atoms with Crippen LogP contribution in [-0.4, -0.2) is 20.5 Å². The third-order valence-electron chi connectivity index (χ3n) is 7.40.